The fraction of sp³-hybridized carbons (Fsp3) is 0.240. The number of pyridine rings is 1. The number of amides is 1. The third-order valence-electron chi connectivity index (χ3n) is 5.77. The summed E-state index contributed by atoms with van der Waals surface area (Å²) in [6.07, 6.45) is 5.06. The van der Waals surface area contributed by atoms with Crippen LogP contribution >= 0.6 is 22.7 Å². The van der Waals surface area contributed by atoms with Gasteiger partial charge in [-0.1, -0.05) is 30.7 Å². The molecule has 0 spiro atoms. The first-order valence-electron chi connectivity index (χ1n) is 10.6. The van der Waals surface area contributed by atoms with E-state index in [0.29, 0.717) is 16.1 Å². The molecule has 32 heavy (non-hydrogen) atoms. The van der Waals surface area contributed by atoms with Crippen LogP contribution in [0.3, 0.4) is 0 Å². The molecule has 0 aliphatic heterocycles. The van der Waals surface area contributed by atoms with Crippen molar-refractivity contribution in [2.45, 2.75) is 32.1 Å². The van der Waals surface area contributed by atoms with Gasteiger partial charge in [-0.25, -0.2) is 9.78 Å². The van der Waals surface area contributed by atoms with E-state index in [9.17, 15) is 9.59 Å². The van der Waals surface area contributed by atoms with Gasteiger partial charge in [0.2, 0.25) is 0 Å². The highest BCUT2D eigenvalue weighted by Crippen LogP contribution is 2.38. The van der Waals surface area contributed by atoms with Gasteiger partial charge in [-0.15, -0.1) is 22.7 Å². The molecule has 7 heteroatoms. The quantitative estimate of drug-likeness (QED) is 0.284. The lowest BCUT2D eigenvalue weighted by Gasteiger charge is -2.11. The molecule has 162 valence electrons. The second kappa shape index (κ2) is 8.84. The Bertz CT molecular complexity index is 1310. The van der Waals surface area contributed by atoms with Crippen molar-refractivity contribution in [2.24, 2.45) is 0 Å². The zero-order valence-corrected chi connectivity index (χ0v) is 19.3. The van der Waals surface area contributed by atoms with Crippen LogP contribution < -0.4 is 5.32 Å². The van der Waals surface area contributed by atoms with Crippen LogP contribution in [-0.4, -0.2) is 24.0 Å². The van der Waals surface area contributed by atoms with E-state index in [2.05, 4.69) is 5.32 Å². The number of aryl methyl sites for hydroxylation is 1. The van der Waals surface area contributed by atoms with E-state index in [4.69, 9.17) is 9.72 Å². The number of hydrogen-bond acceptors (Lipinski definition) is 6. The number of nitrogens with one attached hydrogen (secondary N) is 1. The molecule has 0 bridgehead atoms. The number of methoxy groups -OCH3 is 1. The number of carbonyl (C=O) groups excluding carboxylic acids is 2. The Labute approximate surface area is 194 Å². The number of aromatic nitrogens is 1. The van der Waals surface area contributed by atoms with Crippen molar-refractivity contribution >= 4 is 50.5 Å². The molecule has 0 saturated carbocycles. The first kappa shape index (κ1) is 20.8. The maximum absolute atomic E-state index is 13.5. The minimum Gasteiger partial charge on any atom is -0.465 e. The van der Waals surface area contributed by atoms with Gasteiger partial charge in [0.15, 0.2) is 0 Å². The molecule has 3 aromatic heterocycles. The lowest BCUT2D eigenvalue weighted by atomic mass is 10.0. The van der Waals surface area contributed by atoms with Crippen molar-refractivity contribution in [3.8, 4) is 10.6 Å². The fourth-order valence-corrected chi connectivity index (χ4v) is 6.19. The van der Waals surface area contributed by atoms with Crippen LogP contribution in [0.25, 0.3) is 21.5 Å². The number of esters is 1. The van der Waals surface area contributed by atoms with Crippen LogP contribution in [0.2, 0.25) is 0 Å². The highest BCUT2D eigenvalue weighted by atomic mass is 32.1. The maximum Gasteiger partial charge on any atom is 0.341 e. The van der Waals surface area contributed by atoms with Crippen LogP contribution in [0.4, 0.5) is 5.00 Å². The molecule has 0 unspecified atom stereocenters. The smallest absolute Gasteiger partial charge is 0.341 e. The Morgan fingerprint density at radius 1 is 1.06 bits per heavy atom. The highest BCUT2D eigenvalue weighted by molar-refractivity contribution is 7.17. The molecule has 3 heterocycles. The number of rotatable bonds is 4. The van der Waals surface area contributed by atoms with Crippen LogP contribution in [0, 0.1) is 0 Å². The molecular weight excluding hydrogens is 440 g/mol. The van der Waals surface area contributed by atoms with E-state index < -0.39 is 5.97 Å². The number of nitrogens with zero attached hydrogens (tertiary/aromatic N) is 1. The number of carbonyl (C=O) groups is 2. The fourth-order valence-electron chi connectivity index (χ4n) is 4.23. The van der Waals surface area contributed by atoms with Gasteiger partial charge in [0.1, 0.15) is 5.00 Å². The van der Waals surface area contributed by atoms with Gasteiger partial charge in [-0.2, -0.15) is 0 Å². The molecule has 5 rings (SSSR count). The summed E-state index contributed by atoms with van der Waals surface area (Å²) in [4.78, 5) is 33.1. The summed E-state index contributed by atoms with van der Waals surface area (Å²) in [5.74, 6) is -0.637. The minimum absolute atomic E-state index is 0.247. The topological polar surface area (TPSA) is 68.3 Å². The summed E-state index contributed by atoms with van der Waals surface area (Å²) in [6, 6.07) is 13.4. The van der Waals surface area contributed by atoms with Crippen LogP contribution in [0.5, 0.6) is 0 Å². The average molecular weight is 463 g/mol. The Kier molecular flexibility index (Phi) is 5.76. The number of anilines is 1. The standard InChI is InChI=1S/C25H22N2O3S2/c1-30-25(29)22-16-9-3-2-4-11-20(16)32-24(22)27-23(28)17-14-19(21-12-7-13-31-21)26-18-10-6-5-8-15(17)18/h5-8,10,12-14H,2-4,9,11H2,1H3,(H,27,28). The van der Waals surface area contributed by atoms with E-state index in [-0.39, 0.29) is 5.91 Å². The highest BCUT2D eigenvalue weighted by Gasteiger charge is 2.27. The molecule has 1 aromatic carbocycles. The SMILES string of the molecule is COC(=O)c1c(NC(=O)c2cc(-c3cccs3)nc3ccccc23)sc2c1CCCCC2. The van der Waals surface area contributed by atoms with Crippen LogP contribution in [0.1, 0.15) is 50.4 Å². The number of hydrogen-bond donors (Lipinski definition) is 1. The number of thiophene rings is 2. The first-order valence-corrected chi connectivity index (χ1v) is 12.3. The summed E-state index contributed by atoms with van der Waals surface area (Å²) >= 11 is 3.09. The third-order valence-corrected chi connectivity index (χ3v) is 7.87. The zero-order chi connectivity index (χ0) is 22.1. The predicted molar refractivity (Wildman–Crippen MR) is 130 cm³/mol. The largest absolute Gasteiger partial charge is 0.465 e. The summed E-state index contributed by atoms with van der Waals surface area (Å²) in [5, 5.41) is 6.39. The van der Waals surface area contributed by atoms with Gasteiger partial charge in [0, 0.05) is 10.3 Å². The van der Waals surface area contributed by atoms with Crippen molar-refractivity contribution in [3.05, 3.63) is 69.4 Å². The number of benzene rings is 1. The molecule has 1 N–H and O–H groups in total. The Morgan fingerprint density at radius 2 is 1.91 bits per heavy atom. The molecule has 0 fully saturated rings. The Hall–Kier alpha value is -3.03. The van der Waals surface area contributed by atoms with Crippen molar-refractivity contribution in [3.63, 3.8) is 0 Å². The van der Waals surface area contributed by atoms with Crippen molar-refractivity contribution < 1.29 is 14.3 Å². The zero-order valence-electron chi connectivity index (χ0n) is 17.6. The number of ether oxygens (including phenoxy) is 1. The molecule has 0 saturated heterocycles. The summed E-state index contributed by atoms with van der Waals surface area (Å²) in [6.45, 7) is 0. The molecule has 1 aliphatic carbocycles. The van der Waals surface area contributed by atoms with Crippen molar-refractivity contribution in [1.82, 2.24) is 4.98 Å². The minimum atomic E-state index is -0.390. The molecule has 0 atom stereocenters. The maximum atomic E-state index is 13.5. The van der Waals surface area contributed by atoms with Gasteiger partial charge in [-0.05, 0) is 54.8 Å². The lowest BCUT2D eigenvalue weighted by molar-refractivity contribution is 0.0601. The first-order chi connectivity index (χ1) is 15.7. The lowest BCUT2D eigenvalue weighted by Crippen LogP contribution is -2.15. The molecule has 0 radical (unpaired) electrons. The van der Waals surface area contributed by atoms with Crippen LogP contribution in [-0.2, 0) is 17.6 Å². The second-order valence-electron chi connectivity index (χ2n) is 7.76. The van der Waals surface area contributed by atoms with Gasteiger partial charge in [0.25, 0.3) is 5.91 Å². The van der Waals surface area contributed by atoms with Crippen LogP contribution in [0.15, 0.2) is 47.8 Å². The Morgan fingerprint density at radius 3 is 2.72 bits per heavy atom. The second-order valence-corrected chi connectivity index (χ2v) is 9.82. The summed E-state index contributed by atoms with van der Waals surface area (Å²) in [7, 11) is 1.39. The van der Waals surface area contributed by atoms with Gasteiger partial charge in [0.05, 0.1) is 34.3 Å². The van der Waals surface area contributed by atoms with Gasteiger partial charge < -0.3 is 10.1 Å². The molecule has 4 aromatic rings. The van der Waals surface area contributed by atoms with E-state index in [0.717, 1.165) is 59.1 Å². The van der Waals surface area contributed by atoms with E-state index in [1.807, 2.05) is 47.8 Å². The van der Waals surface area contributed by atoms with E-state index in [1.165, 1.54) is 23.3 Å². The Balaban J connectivity index is 1.58. The number of para-hydroxylation sites is 1. The molecule has 1 aliphatic rings. The van der Waals surface area contributed by atoms with Crippen molar-refractivity contribution in [1.29, 1.82) is 0 Å². The normalized spacial score (nSPS) is 13.4. The predicted octanol–water partition coefficient (Wildman–Crippen LogP) is 6.33. The molecule has 5 nitrogen and oxygen atoms in total. The van der Waals surface area contributed by atoms with Crippen molar-refractivity contribution in [2.75, 3.05) is 12.4 Å². The molecular formula is C25H22N2O3S2. The van der Waals surface area contributed by atoms with Gasteiger partial charge in [-0.3, -0.25) is 4.79 Å². The van der Waals surface area contributed by atoms with E-state index >= 15 is 0 Å². The summed E-state index contributed by atoms with van der Waals surface area (Å²) < 4.78 is 5.08. The van der Waals surface area contributed by atoms with Gasteiger partial charge >= 0.3 is 5.97 Å². The molecule has 1 amide bonds. The monoisotopic (exact) mass is 462 g/mol. The van der Waals surface area contributed by atoms with E-state index in [1.54, 1.807) is 11.3 Å². The number of fused-ring (bicyclic) bond motifs is 2. The summed E-state index contributed by atoms with van der Waals surface area (Å²) in [5.41, 5.74) is 3.62. The third kappa shape index (κ3) is 3.82. The average Bonchev–Trinajstić information content (AvgIpc) is 3.41.